The van der Waals surface area contributed by atoms with Crippen LogP contribution in [-0.2, 0) is 10.0 Å². The molecule has 2 atom stereocenters. The van der Waals surface area contributed by atoms with Gasteiger partial charge in [0.2, 0.25) is 10.0 Å². The van der Waals surface area contributed by atoms with E-state index in [4.69, 9.17) is 0 Å². The molecule has 2 aromatic carbocycles. The normalized spacial score (nSPS) is 20.2. The number of carbonyl (C=O) groups excluding carboxylic acids is 1. The largest absolute Gasteiger partial charge is 0.322 e. The van der Waals surface area contributed by atoms with E-state index in [1.807, 2.05) is 6.92 Å². The number of rotatable bonds is 5. The molecule has 3 N–H and O–H groups in total. The van der Waals surface area contributed by atoms with E-state index < -0.39 is 21.7 Å². The van der Waals surface area contributed by atoms with Crippen LogP contribution >= 0.6 is 0 Å². The molecule has 27 heavy (non-hydrogen) atoms. The molecule has 0 saturated carbocycles. The molecule has 0 aromatic heterocycles. The molecule has 3 rings (SSSR count). The summed E-state index contributed by atoms with van der Waals surface area (Å²) in [5.41, 5.74) is 0.768. The zero-order chi connectivity index (χ0) is 19.4. The highest BCUT2D eigenvalue weighted by Crippen LogP contribution is 2.18. The molecular formula is C19H22FN3O3S. The van der Waals surface area contributed by atoms with Crippen molar-refractivity contribution in [1.82, 2.24) is 10.0 Å². The third kappa shape index (κ3) is 4.91. The number of piperidine rings is 1. The molecule has 2 aromatic rings. The molecule has 1 heterocycles. The first-order valence-corrected chi connectivity index (χ1v) is 10.2. The van der Waals surface area contributed by atoms with Crippen LogP contribution in [0.5, 0.6) is 0 Å². The van der Waals surface area contributed by atoms with Crippen LogP contribution < -0.4 is 15.4 Å². The van der Waals surface area contributed by atoms with Crippen molar-refractivity contribution in [2.24, 2.45) is 5.92 Å². The number of benzene rings is 2. The molecule has 1 aliphatic rings. The van der Waals surface area contributed by atoms with Crippen molar-refractivity contribution in [3.8, 4) is 0 Å². The Balaban J connectivity index is 1.67. The number of amides is 1. The predicted octanol–water partition coefficient (Wildman–Crippen LogP) is 2.35. The van der Waals surface area contributed by atoms with Crippen LogP contribution in [0.1, 0.15) is 23.7 Å². The fourth-order valence-corrected chi connectivity index (χ4v) is 4.28. The highest BCUT2D eigenvalue weighted by molar-refractivity contribution is 7.89. The number of sulfonamides is 1. The number of halogens is 1. The number of anilines is 1. The van der Waals surface area contributed by atoms with Gasteiger partial charge < -0.3 is 10.6 Å². The summed E-state index contributed by atoms with van der Waals surface area (Å²) in [7, 11) is -3.64. The molecule has 1 amide bonds. The first-order valence-electron chi connectivity index (χ1n) is 8.75. The Bertz CT molecular complexity index is 899. The summed E-state index contributed by atoms with van der Waals surface area (Å²) >= 11 is 0. The number of hydrogen-bond donors (Lipinski definition) is 3. The van der Waals surface area contributed by atoms with Gasteiger partial charge in [-0.15, -0.1) is 0 Å². The lowest BCUT2D eigenvalue weighted by Crippen LogP contribution is -2.50. The maximum absolute atomic E-state index is 12.9. The van der Waals surface area contributed by atoms with Gasteiger partial charge in [0.05, 0.1) is 4.90 Å². The molecule has 2 unspecified atom stereocenters. The molecule has 0 spiro atoms. The second kappa shape index (κ2) is 8.16. The first-order chi connectivity index (χ1) is 12.8. The third-order valence-corrected chi connectivity index (χ3v) is 6.17. The van der Waals surface area contributed by atoms with E-state index in [1.54, 1.807) is 0 Å². The van der Waals surface area contributed by atoms with Gasteiger partial charge in [0, 0.05) is 23.8 Å². The van der Waals surface area contributed by atoms with Crippen molar-refractivity contribution in [2.45, 2.75) is 24.3 Å². The van der Waals surface area contributed by atoms with Gasteiger partial charge in [-0.1, -0.05) is 6.92 Å². The van der Waals surface area contributed by atoms with Crippen LogP contribution in [0.2, 0.25) is 0 Å². The summed E-state index contributed by atoms with van der Waals surface area (Å²) in [5.74, 6) is -0.558. The third-order valence-electron chi connectivity index (χ3n) is 4.66. The van der Waals surface area contributed by atoms with E-state index >= 15 is 0 Å². The minimum Gasteiger partial charge on any atom is -0.322 e. The zero-order valence-corrected chi connectivity index (χ0v) is 15.7. The van der Waals surface area contributed by atoms with Gasteiger partial charge in [0.15, 0.2) is 0 Å². The average molecular weight is 391 g/mol. The molecule has 6 nitrogen and oxygen atoms in total. The van der Waals surface area contributed by atoms with Crippen molar-refractivity contribution in [1.29, 1.82) is 0 Å². The standard InChI is InChI=1S/C19H22FN3O3S/c1-13-10-11-21-12-18(13)23-27(25,26)17-8-6-16(7-9-17)22-19(24)14-2-4-15(20)5-3-14/h2-9,13,18,21,23H,10-12H2,1H3,(H,22,24). The Morgan fingerprint density at radius 2 is 1.78 bits per heavy atom. The lowest BCUT2D eigenvalue weighted by atomic mass is 9.96. The Morgan fingerprint density at radius 3 is 2.41 bits per heavy atom. The van der Waals surface area contributed by atoms with E-state index in [0.717, 1.165) is 13.0 Å². The highest BCUT2D eigenvalue weighted by atomic mass is 32.2. The number of hydrogen-bond acceptors (Lipinski definition) is 4. The fraction of sp³-hybridized carbons (Fsp3) is 0.316. The van der Waals surface area contributed by atoms with E-state index in [9.17, 15) is 17.6 Å². The van der Waals surface area contributed by atoms with Crippen molar-refractivity contribution in [3.05, 3.63) is 59.9 Å². The van der Waals surface area contributed by atoms with Gasteiger partial charge in [-0.3, -0.25) is 4.79 Å². The van der Waals surface area contributed by atoms with Crippen LogP contribution in [-0.4, -0.2) is 33.5 Å². The second-order valence-electron chi connectivity index (χ2n) is 6.68. The van der Waals surface area contributed by atoms with Gasteiger partial charge in [0.25, 0.3) is 5.91 Å². The van der Waals surface area contributed by atoms with Crippen molar-refractivity contribution in [3.63, 3.8) is 0 Å². The van der Waals surface area contributed by atoms with Crippen LogP contribution in [0.4, 0.5) is 10.1 Å². The predicted molar refractivity (Wildman–Crippen MR) is 102 cm³/mol. The molecule has 0 radical (unpaired) electrons. The van der Waals surface area contributed by atoms with E-state index in [0.29, 0.717) is 17.8 Å². The second-order valence-corrected chi connectivity index (χ2v) is 8.40. The van der Waals surface area contributed by atoms with Crippen molar-refractivity contribution in [2.75, 3.05) is 18.4 Å². The quantitative estimate of drug-likeness (QED) is 0.730. The SMILES string of the molecule is CC1CCNCC1NS(=O)(=O)c1ccc(NC(=O)c2ccc(F)cc2)cc1. The fourth-order valence-electron chi connectivity index (χ4n) is 2.94. The monoisotopic (exact) mass is 391 g/mol. The van der Waals surface area contributed by atoms with E-state index in [1.165, 1.54) is 48.5 Å². The Labute approximate surface area is 158 Å². The minimum absolute atomic E-state index is 0.139. The van der Waals surface area contributed by atoms with Gasteiger partial charge in [-0.05, 0) is 67.4 Å². The molecule has 0 aliphatic carbocycles. The summed E-state index contributed by atoms with van der Waals surface area (Å²) in [6.45, 7) is 3.52. The van der Waals surface area contributed by atoms with Crippen molar-refractivity contribution >= 4 is 21.6 Å². The topological polar surface area (TPSA) is 87.3 Å². The van der Waals surface area contributed by atoms with Crippen LogP contribution in [0.15, 0.2) is 53.4 Å². The Hall–Kier alpha value is -2.29. The number of nitrogens with one attached hydrogen (secondary N) is 3. The van der Waals surface area contributed by atoms with Crippen molar-refractivity contribution < 1.29 is 17.6 Å². The molecular weight excluding hydrogens is 369 g/mol. The molecule has 1 fully saturated rings. The Morgan fingerprint density at radius 1 is 1.11 bits per heavy atom. The smallest absolute Gasteiger partial charge is 0.255 e. The minimum atomic E-state index is -3.64. The van der Waals surface area contributed by atoms with Gasteiger partial charge in [-0.2, -0.15) is 0 Å². The summed E-state index contributed by atoms with van der Waals surface area (Å²) < 4.78 is 40.8. The molecule has 0 bridgehead atoms. The van der Waals surface area contributed by atoms with Crippen LogP contribution in [0.3, 0.4) is 0 Å². The maximum atomic E-state index is 12.9. The summed E-state index contributed by atoms with van der Waals surface area (Å²) in [5, 5.41) is 5.85. The van der Waals surface area contributed by atoms with Gasteiger partial charge in [0.1, 0.15) is 5.82 Å². The lowest BCUT2D eigenvalue weighted by molar-refractivity contribution is 0.102. The van der Waals surface area contributed by atoms with Gasteiger partial charge >= 0.3 is 0 Å². The van der Waals surface area contributed by atoms with Gasteiger partial charge in [-0.25, -0.2) is 17.5 Å². The average Bonchev–Trinajstić information content (AvgIpc) is 2.64. The summed E-state index contributed by atoms with van der Waals surface area (Å²) in [4.78, 5) is 12.3. The summed E-state index contributed by atoms with van der Waals surface area (Å²) in [6.07, 6.45) is 0.918. The molecule has 144 valence electrons. The lowest BCUT2D eigenvalue weighted by Gasteiger charge is -2.29. The molecule has 8 heteroatoms. The highest BCUT2D eigenvalue weighted by Gasteiger charge is 2.26. The van der Waals surface area contributed by atoms with Crippen LogP contribution in [0, 0.1) is 11.7 Å². The maximum Gasteiger partial charge on any atom is 0.255 e. The Kier molecular flexibility index (Phi) is 5.88. The molecule has 1 aliphatic heterocycles. The number of carbonyl (C=O) groups is 1. The van der Waals surface area contributed by atoms with Crippen LogP contribution in [0.25, 0.3) is 0 Å². The summed E-state index contributed by atoms with van der Waals surface area (Å²) in [6, 6.07) is 11.0. The zero-order valence-electron chi connectivity index (χ0n) is 14.9. The van der Waals surface area contributed by atoms with E-state index in [2.05, 4.69) is 15.4 Å². The van der Waals surface area contributed by atoms with E-state index in [-0.39, 0.29) is 16.9 Å². The molecule has 1 saturated heterocycles. The first kappa shape index (κ1) is 19.5.